The normalized spacial score (nSPS) is 11.2. The van der Waals surface area contributed by atoms with Crippen LogP contribution in [0.5, 0.6) is 0 Å². The molecule has 4 aromatic rings. The molecule has 0 atom stereocenters. The largest absolute Gasteiger partial charge is 0.376 e. The van der Waals surface area contributed by atoms with Crippen LogP contribution in [-0.4, -0.2) is 40.8 Å². The molecule has 9 nitrogen and oxygen atoms in total. The van der Waals surface area contributed by atoms with E-state index >= 15 is 0 Å². The van der Waals surface area contributed by atoms with Crippen LogP contribution < -0.4 is 10.6 Å². The van der Waals surface area contributed by atoms with E-state index in [2.05, 4.69) is 26.2 Å². The van der Waals surface area contributed by atoms with Crippen molar-refractivity contribution in [3.05, 3.63) is 90.3 Å². The van der Waals surface area contributed by atoms with Gasteiger partial charge >= 0.3 is 0 Å². The van der Waals surface area contributed by atoms with Crippen molar-refractivity contribution in [3.63, 3.8) is 0 Å². The molecule has 0 aliphatic heterocycles. The van der Waals surface area contributed by atoms with Gasteiger partial charge < -0.3 is 10.6 Å². The van der Waals surface area contributed by atoms with Crippen molar-refractivity contribution >= 4 is 27.1 Å². The molecule has 32 heavy (non-hydrogen) atoms. The van der Waals surface area contributed by atoms with Crippen molar-refractivity contribution in [2.24, 2.45) is 0 Å². The molecule has 0 saturated heterocycles. The van der Waals surface area contributed by atoms with Gasteiger partial charge in [0.25, 0.3) is 5.91 Å². The van der Waals surface area contributed by atoms with Crippen molar-refractivity contribution < 1.29 is 13.2 Å². The highest BCUT2D eigenvalue weighted by atomic mass is 32.2. The summed E-state index contributed by atoms with van der Waals surface area (Å²) in [4.78, 5) is 12.7. The lowest BCUT2D eigenvalue weighted by Gasteiger charge is -2.13. The molecule has 162 valence electrons. The molecule has 0 saturated carbocycles. The molecule has 3 aromatic carbocycles. The molecule has 0 spiro atoms. The first kappa shape index (κ1) is 21.2. The van der Waals surface area contributed by atoms with E-state index in [4.69, 9.17) is 0 Å². The SMILES string of the molecule is CS(=O)(=O)c1ccc(-n2nnnc2CNc2ccccc2NC(=O)c2ccccc2)cc1. The maximum atomic E-state index is 12.5. The van der Waals surface area contributed by atoms with Crippen LogP contribution in [0, 0.1) is 0 Å². The number of nitrogens with zero attached hydrogens (tertiary/aromatic N) is 4. The second-order valence-corrected chi connectivity index (χ2v) is 9.01. The van der Waals surface area contributed by atoms with Gasteiger partial charge in [0, 0.05) is 11.8 Å². The molecule has 1 amide bonds. The number of hydrogen-bond donors (Lipinski definition) is 2. The number of amides is 1. The summed E-state index contributed by atoms with van der Waals surface area (Å²) in [7, 11) is -3.29. The van der Waals surface area contributed by atoms with Crippen molar-refractivity contribution in [3.8, 4) is 5.69 Å². The van der Waals surface area contributed by atoms with E-state index in [0.29, 0.717) is 28.5 Å². The van der Waals surface area contributed by atoms with Crippen LogP contribution in [0.25, 0.3) is 5.69 Å². The zero-order chi connectivity index (χ0) is 22.6. The van der Waals surface area contributed by atoms with Crippen LogP contribution in [0.15, 0.2) is 83.8 Å². The highest BCUT2D eigenvalue weighted by Crippen LogP contribution is 2.23. The van der Waals surface area contributed by atoms with E-state index in [1.807, 2.05) is 24.3 Å². The number of carbonyl (C=O) groups is 1. The fraction of sp³-hybridized carbons (Fsp3) is 0.0909. The van der Waals surface area contributed by atoms with Gasteiger partial charge in [0.15, 0.2) is 15.7 Å². The van der Waals surface area contributed by atoms with Gasteiger partial charge in [0.1, 0.15) is 0 Å². The second kappa shape index (κ2) is 8.98. The number of tetrazole rings is 1. The molecule has 2 N–H and O–H groups in total. The average Bonchev–Trinajstić information content (AvgIpc) is 3.27. The van der Waals surface area contributed by atoms with Crippen molar-refractivity contribution in [1.29, 1.82) is 0 Å². The molecule has 0 fully saturated rings. The average molecular weight is 449 g/mol. The van der Waals surface area contributed by atoms with Gasteiger partial charge in [-0.25, -0.2) is 8.42 Å². The highest BCUT2D eigenvalue weighted by molar-refractivity contribution is 7.90. The van der Waals surface area contributed by atoms with Gasteiger partial charge in [-0.15, -0.1) is 5.10 Å². The summed E-state index contributed by atoms with van der Waals surface area (Å²) in [6, 6.07) is 22.6. The molecule has 0 aliphatic carbocycles. The Morgan fingerprint density at radius 3 is 2.25 bits per heavy atom. The van der Waals surface area contributed by atoms with Crippen molar-refractivity contribution in [2.75, 3.05) is 16.9 Å². The van der Waals surface area contributed by atoms with Crippen molar-refractivity contribution in [2.45, 2.75) is 11.4 Å². The smallest absolute Gasteiger partial charge is 0.255 e. The monoisotopic (exact) mass is 448 g/mol. The fourth-order valence-corrected chi connectivity index (χ4v) is 3.69. The van der Waals surface area contributed by atoms with Crippen LogP contribution in [0.3, 0.4) is 0 Å². The maximum Gasteiger partial charge on any atom is 0.255 e. The minimum atomic E-state index is -3.29. The number of sulfone groups is 1. The number of anilines is 2. The number of nitrogens with one attached hydrogen (secondary N) is 2. The zero-order valence-corrected chi connectivity index (χ0v) is 18.0. The van der Waals surface area contributed by atoms with Gasteiger partial charge in [0.05, 0.1) is 28.5 Å². The Morgan fingerprint density at radius 2 is 1.56 bits per heavy atom. The van der Waals surface area contributed by atoms with Gasteiger partial charge in [-0.2, -0.15) is 4.68 Å². The van der Waals surface area contributed by atoms with Crippen molar-refractivity contribution in [1.82, 2.24) is 20.2 Å². The number of carbonyl (C=O) groups excluding carboxylic acids is 1. The van der Waals surface area contributed by atoms with E-state index in [0.717, 1.165) is 6.26 Å². The van der Waals surface area contributed by atoms with E-state index in [9.17, 15) is 13.2 Å². The molecule has 0 radical (unpaired) electrons. The first-order valence-corrected chi connectivity index (χ1v) is 11.6. The lowest BCUT2D eigenvalue weighted by atomic mass is 10.2. The maximum absolute atomic E-state index is 12.5. The number of para-hydroxylation sites is 2. The van der Waals surface area contributed by atoms with E-state index in [-0.39, 0.29) is 17.3 Å². The highest BCUT2D eigenvalue weighted by Gasteiger charge is 2.13. The predicted octanol–water partition coefficient (Wildman–Crippen LogP) is 2.93. The quantitative estimate of drug-likeness (QED) is 0.446. The van der Waals surface area contributed by atoms with Crippen LogP contribution in [0.2, 0.25) is 0 Å². The van der Waals surface area contributed by atoms with Crippen LogP contribution in [-0.2, 0) is 16.4 Å². The van der Waals surface area contributed by atoms with Gasteiger partial charge in [0.2, 0.25) is 0 Å². The van der Waals surface area contributed by atoms with E-state index < -0.39 is 9.84 Å². The summed E-state index contributed by atoms with van der Waals surface area (Å²) in [5.41, 5.74) is 2.52. The number of aromatic nitrogens is 4. The van der Waals surface area contributed by atoms with Gasteiger partial charge in [-0.1, -0.05) is 30.3 Å². The van der Waals surface area contributed by atoms with Crippen LogP contribution >= 0.6 is 0 Å². The molecular weight excluding hydrogens is 428 g/mol. The molecular formula is C22H20N6O3S. The minimum Gasteiger partial charge on any atom is -0.376 e. The summed E-state index contributed by atoms with van der Waals surface area (Å²) < 4.78 is 24.9. The summed E-state index contributed by atoms with van der Waals surface area (Å²) in [5, 5.41) is 17.9. The Bertz CT molecular complexity index is 1340. The van der Waals surface area contributed by atoms with Crippen LogP contribution in [0.1, 0.15) is 16.2 Å². The number of benzene rings is 3. The number of rotatable bonds is 7. The van der Waals surface area contributed by atoms with E-state index in [1.165, 1.54) is 16.8 Å². The lowest BCUT2D eigenvalue weighted by Crippen LogP contribution is -2.14. The van der Waals surface area contributed by atoms with E-state index in [1.54, 1.807) is 42.5 Å². The molecule has 0 unspecified atom stereocenters. The third-order valence-corrected chi connectivity index (χ3v) is 5.82. The summed E-state index contributed by atoms with van der Waals surface area (Å²) >= 11 is 0. The Labute approximate surface area is 185 Å². The first-order valence-electron chi connectivity index (χ1n) is 9.69. The standard InChI is InChI=1S/C22H20N6O3S/c1-32(30,31)18-13-11-17(12-14-18)28-21(25-26-27-28)15-23-19-9-5-6-10-20(19)24-22(29)16-7-3-2-4-8-16/h2-14,23H,15H2,1H3,(H,24,29). The topological polar surface area (TPSA) is 119 Å². The lowest BCUT2D eigenvalue weighted by molar-refractivity contribution is 0.102. The van der Waals surface area contributed by atoms with Gasteiger partial charge in [-0.05, 0) is 59.0 Å². The Balaban J connectivity index is 1.50. The Hall–Kier alpha value is -4.05. The molecule has 10 heteroatoms. The summed E-state index contributed by atoms with van der Waals surface area (Å²) in [5.74, 6) is 0.303. The fourth-order valence-electron chi connectivity index (χ4n) is 3.06. The minimum absolute atomic E-state index is 0.212. The predicted molar refractivity (Wildman–Crippen MR) is 120 cm³/mol. The number of hydrogen-bond acceptors (Lipinski definition) is 7. The van der Waals surface area contributed by atoms with Gasteiger partial charge in [-0.3, -0.25) is 4.79 Å². The second-order valence-electron chi connectivity index (χ2n) is 6.99. The molecule has 1 aromatic heterocycles. The third kappa shape index (κ3) is 4.81. The third-order valence-electron chi connectivity index (χ3n) is 4.69. The molecule has 0 aliphatic rings. The molecule has 4 rings (SSSR count). The first-order chi connectivity index (χ1) is 15.4. The Morgan fingerprint density at radius 1 is 0.906 bits per heavy atom. The molecule has 0 bridgehead atoms. The van der Waals surface area contributed by atoms with Crippen LogP contribution in [0.4, 0.5) is 11.4 Å². The summed E-state index contributed by atoms with van der Waals surface area (Å²) in [6.45, 7) is 0.277. The summed E-state index contributed by atoms with van der Waals surface area (Å²) in [6.07, 6.45) is 1.16. The Kier molecular flexibility index (Phi) is 5.95. The zero-order valence-electron chi connectivity index (χ0n) is 17.1. The molecule has 1 heterocycles.